The highest BCUT2D eigenvalue weighted by molar-refractivity contribution is 4.87. The second-order valence-corrected chi connectivity index (χ2v) is 6.74. The van der Waals surface area contributed by atoms with Crippen molar-refractivity contribution in [1.29, 1.82) is 0 Å². The summed E-state index contributed by atoms with van der Waals surface area (Å²) in [6, 6.07) is 0. The molecule has 1 aliphatic carbocycles. The summed E-state index contributed by atoms with van der Waals surface area (Å²) in [7, 11) is 0. The van der Waals surface area contributed by atoms with Crippen LogP contribution in [-0.2, 0) is 0 Å². The van der Waals surface area contributed by atoms with Crippen LogP contribution in [0.4, 0.5) is 0 Å². The predicted molar refractivity (Wildman–Crippen MR) is 76.0 cm³/mol. The van der Waals surface area contributed by atoms with Crippen LogP contribution in [0.25, 0.3) is 0 Å². The number of hydrogen-bond acceptors (Lipinski definition) is 2. The maximum atomic E-state index is 6.02. The fraction of sp³-hybridized carbons (Fsp3) is 1.00. The second-order valence-electron chi connectivity index (χ2n) is 6.74. The van der Waals surface area contributed by atoms with E-state index < -0.39 is 0 Å². The lowest BCUT2D eigenvalue weighted by Crippen LogP contribution is -2.44. The van der Waals surface area contributed by atoms with Gasteiger partial charge in [0.1, 0.15) is 0 Å². The molecule has 0 saturated heterocycles. The Balaban J connectivity index is 2.32. The topological polar surface area (TPSA) is 38.0 Å². The molecule has 1 aliphatic rings. The molecule has 0 aromatic heterocycles. The van der Waals surface area contributed by atoms with E-state index in [0.29, 0.717) is 5.41 Å². The van der Waals surface area contributed by atoms with Crippen LogP contribution in [-0.4, -0.2) is 19.6 Å². The van der Waals surface area contributed by atoms with Crippen molar-refractivity contribution in [1.82, 2.24) is 5.32 Å². The van der Waals surface area contributed by atoms with E-state index in [1.165, 1.54) is 25.7 Å². The average molecular weight is 240 g/mol. The molecule has 1 saturated carbocycles. The van der Waals surface area contributed by atoms with Gasteiger partial charge in [-0.05, 0) is 49.1 Å². The lowest BCUT2D eigenvalue weighted by atomic mass is 9.71. The highest BCUT2D eigenvalue weighted by Crippen LogP contribution is 2.37. The zero-order chi connectivity index (χ0) is 12.9. The average Bonchev–Trinajstić information content (AvgIpc) is 2.32. The van der Waals surface area contributed by atoms with Crippen LogP contribution in [0, 0.1) is 23.2 Å². The van der Waals surface area contributed by atoms with Gasteiger partial charge in [-0.1, -0.05) is 40.5 Å². The van der Waals surface area contributed by atoms with Crippen molar-refractivity contribution in [3.05, 3.63) is 0 Å². The summed E-state index contributed by atoms with van der Waals surface area (Å²) >= 11 is 0. The Morgan fingerprint density at radius 2 is 1.82 bits per heavy atom. The quantitative estimate of drug-likeness (QED) is 0.749. The number of hydrogen-bond donors (Lipinski definition) is 2. The van der Waals surface area contributed by atoms with Crippen molar-refractivity contribution in [2.24, 2.45) is 28.9 Å². The Kier molecular flexibility index (Phi) is 5.94. The molecular formula is C15H32N2. The molecule has 102 valence electrons. The molecule has 1 rings (SSSR count). The minimum Gasteiger partial charge on any atom is -0.330 e. The van der Waals surface area contributed by atoms with Crippen molar-refractivity contribution in [3.63, 3.8) is 0 Å². The fourth-order valence-electron chi connectivity index (χ4n) is 2.63. The first-order valence-corrected chi connectivity index (χ1v) is 7.40. The van der Waals surface area contributed by atoms with Crippen LogP contribution in [0.2, 0.25) is 0 Å². The van der Waals surface area contributed by atoms with Gasteiger partial charge in [0.25, 0.3) is 0 Å². The Morgan fingerprint density at radius 3 is 2.29 bits per heavy atom. The van der Waals surface area contributed by atoms with Crippen molar-refractivity contribution < 1.29 is 0 Å². The first-order chi connectivity index (χ1) is 7.99. The van der Waals surface area contributed by atoms with Crippen LogP contribution in [0.3, 0.4) is 0 Å². The zero-order valence-electron chi connectivity index (χ0n) is 12.3. The van der Waals surface area contributed by atoms with E-state index in [2.05, 4.69) is 33.0 Å². The summed E-state index contributed by atoms with van der Waals surface area (Å²) in [6.07, 6.45) is 5.35. The summed E-state index contributed by atoms with van der Waals surface area (Å²) < 4.78 is 0. The summed E-state index contributed by atoms with van der Waals surface area (Å²) in [5, 5.41) is 3.66. The van der Waals surface area contributed by atoms with Gasteiger partial charge in [-0.25, -0.2) is 0 Å². The van der Waals surface area contributed by atoms with Crippen molar-refractivity contribution >= 4 is 0 Å². The maximum Gasteiger partial charge on any atom is 0.00200 e. The Hall–Kier alpha value is -0.0800. The lowest BCUT2D eigenvalue weighted by Gasteiger charge is -2.39. The highest BCUT2D eigenvalue weighted by Gasteiger charge is 2.32. The molecule has 0 heterocycles. The first kappa shape index (κ1) is 15.0. The van der Waals surface area contributed by atoms with Gasteiger partial charge in [0, 0.05) is 6.54 Å². The van der Waals surface area contributed by atoms with E-state index >= 15 is 0 Å². The molecule has 2 heteroatoms. The predicted octanol–water partition coefficient (Wildman–Crippen LogP) is 3.02. The van der Waals surface area contributed by atoms with Crippen molar-refractivity contribution in [2.75, 3.05) is 19.6 Å². The molecule has 0 aromatic rings. The molecule has 0 radical (unpaired) electrons. The number of nitrogens with two attached hydrogens (primary N) is 1. The third kappa shape index (κ3) is 4.59. The van der Waals surface area contributed by atoms with Crippen LogP contribution in [0.15, 0.2) is 0 Å². The molecule has 1 fully saturated rings. The van der Waals surface area contributed by atoms with Crippen molar-refractivity contribution in [2.45, 2.75) is 53.4 Å². The lowest BCUT2D eigenvalue weighted by molar-refractivity contribution is 0.156. The molecule has 1 atom stereocenters. The standard InChI is InChI=1S/C15H32N2/c1-12(2)14(4)9-17-11-15(10-16)7-5-13(3)6-8-15/h12-14,17H,5-11,16H2,1-4H3. The van der Waals surface area contributed by atoms with Gasteiger partial charge in [0.05, 0.1) is 0 Å². The van der Waals surface area contributed by atoms with Gasteiger partial charge < -0.3 is 11.1 Å². The molecule has 3 N–H and O–H groups in total. The monoisotopic (exact) mass is 240 g/mol. The summed E-state index contributed by atoms with van der Waals surface area (Å²) in [5.41, 5.74) is 6.41. The second kappa shape index (κ2) is 6.75. The molecule has 1 unspecified atom stereocenters. The van der Waals surface area contributed by atoms with Gasteiger partial charge in [-0.3, -0.25) is 0 Å². The van der Waals surface area contributed by atoms with Crippen molar-refractivity contribution in [3.8, 4) is 0 Å². The molecular weight excluding hydrogens is 208 g/mol. The van der Waals surface area contributed by atoms with Crippen LogP contribution < -0.4 is 11.1 Å². The SMILES string of the molecule is CC1CCC(CN)(CNCC(C)C(C)C)CC1. The van der Waals surface area contributed by atoms with Gasteiger partial charge in [0.15, 0.2) is 0 Å². The molecule has 0 aromatic carbocycles. The van der Waals surface area contributed by atoms with E-state index in [1.54, 1.807) is 0 Å². The molecule has 0 amide bonds. The number of rotatable bonds is 6. The first-order valence-electron chi connectivity index (χ1n) is 7.40. The van der Waals surface area contributed by atoms with E-state index in [1.807, 2.05) is 0 Å². The summed E-state index contributed by atoms with van der Waals surface area (Å²) in [5.74, 6) is 2.43. The Labute approximate surface area is 108 Å². The van der Waals surface area contributed by atoms with Gasteiger partial charge >= 0.3 is 0 Å². The Morgan fingerprint density at radius 1 is 1.24 bits per heavy atom. The molecule has 0 spiro atoms. The molecule has 17 heavy (non-hydrogen) atoms. The fourth-order valence-corrected chi connectivity index (χ4v) is 2.63. The smallest absolute Gasteiger partial charge is 0.00200 e. The highest BCUT2D eigenvalue weighted by atomic mass is 14.9. The largest absolute Gasteiger partial charge is 0.330 e. The molecule has 0 bridgehead atoms. The van der Waals surface area contributed by atoms with Crippen LogP contribution in [0.5, 0.6) is 0 Å². The zero-order valence-corrected chi connectivity index (χ0v) is 12.3. The third-order valence-corrected chi connectivity index (χ3v) is 4.87. The third-order valence-electron chi connectivity index (χ3n) is 4.87. The van der Waals surface area contributed by atoms with Crippen LogP contribution in [0.1, 0.15) is 53.4 Å². The molecule has 0 aliphatic heterocycles. The van der Waals surface area contributed by atoms with E-state index in [-0.39, 0.29) is 0 Å². The normalized spacial score (nSPS) is 31.8. The summed E-state index contributed by atoms with van der Waals surface area (Å²) in [6.45, 7) is 12.4. The van der Waals surface area contributed by atoms with Gasteiger partial charge in [0.2, 0.25) is 0 Å². The van der Waals surface area contributed by atoms with E-state index in [4.69, 9.17) is 5.73 Å². The minimum absolute atomic E-state index is 0.392. The number of nitrogens with one attached hydrogen (secondary N) is 1. The van der Waals surface area contributed by atoms with Gasteiger partial charge in [-0.2, -0.15) is 0 Å². The molecule has 2 nitrogen and oxygen atoms in total. The maximum absolute atomic E-state index is 6.02. The summed E-state index contributed by atoms with van der Waals surface area (Å²) in [4.78, 5) is 0. The van der Waals surface area contributed by atoms with E-state index in [9.17, 15) is 0 Å². The van der Waals surface area contributed by atoms with Gasteiger partial charge in [-0.15, -0.1) is 0 Å². The minimum atomic E-state index is 0.392. The Bertz CT molecular complexity index is 205. The van der Waals surface area contributed by atoms with E-state index in [0.717, 1.165) is 37.4 Å². The van der Waals surface area contributed by atoms with Crippen LogP contribution >= 0.6 is 0 Å².